The summed E-state index contributed by atoms with van der Waals surface area (Å²) < 4.78 is 25.2. The van der Waals surface area contributed by atoms with Gasteiger partial charge in [0.1, 0.15) is 17.7 Å². The SMILES string of the molecule is Cc1cc(F)ccc1OC1CCOC2(CCCC2)C1. The molecule has 0 aromatic heterocycles. The van der Waals surface area contributed by atoms with Gasteiger partial charge in [0.05, 0.1) is 12.2 Å². The normalized spacial score (nSPS) is 25.7. The van der Waals surface area contributed by atoms with E-state index < -0.39 is 0 Å². The van der Waals surface area contributed by atoms with Crippen LogP contribution in [0.3, 0.4) is 0 Å². The van der Waals surface area contributed by atoms with Crippen LogP contribution in [0.2, 0.25) is 0 Å². The zero-order valence-corrected chi connectivity index (χ0v) is 11.5. The average Bonchev–Trinajstić information content (AvgIpc) is 2.81. The maximum absolute atomic E-state index is 13.1. The molecular weight excluding hydrogens is 243 g/mol. The van der Waals surface area contributed by atoms with Crippen molar-refractivity contribution in [3.05, 3.63) is 29.6 Å². The van der Waals surface area contributed by atoms with Gasteiger partial charge in [0.15, 0.2) is 0 Å². The molecule has 2 fully saturated rings. The van der Waals surface area contributed by atoms with Gasteiger partial charge in [0.25, 0.3) is 0 Å². The number of hydrogen-bond donors (Lipinski definition) is 0. The lowest BCUT2D eigenvalue weighted by Gasteiger charge is -2.38. The van der Waals surface area contributed by atoms with Crippen LogP contribution < -0.4 is 4.74 Å². The fourth-order valence-electron chi connectivity index (χ4n) is 3.38. The van der Waals surface area contributed by atoms with E-state index >= 15 is 0 Å². The van der Waals surface area contributed by atoms with E-state index in [0.29, 0.717) is 0 Å². The van der Waals surface area contributed by atoms with Gasteiger partial charge < -0.3 is 9.47 Å². The molecule has 3 heteroatoms. The predicted molar refractivity (Wildman–Crippen MR) is 71.9 cm³/mol. The summed E-state index contributed by atoms with van der Waals surface area (Å²) >= 11 is 0. The van der Waals surface area contributed by atoms with E-state index in [-0.39, 0.29) is 17.5 Å². The summed E-state index contributed by atoms with van der Waals surface area (Å²) in [5.74, 6) is 0.602. The van der Waals surface area contributed by atoms with Crippen LogP contribution in [0, 0.1) is 12.7 Å². The van der Waals surface area contributed by atoms with Gasteiger partial charge in [-0.3, -0.25) is 0 Å². The highest BCUT2D eigenvalue weighted by Gasteiger charge is 2.40. The lowest BCUT2D eigenvalue weighted by molar-refractivity contribution is -0.108. The zero-order valence-electron chi connectivity index (χ0n) is 11.5. The maximum atomic E-state index is 13.1. The van der Waals surface area contributed by atoms with Crippen LogP contribution in [0.25, 0.3) is 0 Å². The molecule has 1 aliphatic carbocycles. The second kappa shape index (κ2) is 5.12. The molecule has 1 unspecified atom stereocenters. The highest BCUT2D eigenvalue weighted by molar-refractivity contribution is 5.32. The van der Waals surface area contributed by atoms with Crippen LogP contribution in [-0.4, -0.2) is 18.3 Å². The Morgan fingerprint density at radius 1 is 1.32 bits per heavy atom. The van der Waals surface area contributed by atoms with E-state index in [0.717, 1.165) is 43.6 Å². The number of halogens is 1. The minimum atomic E-state index is -0.205. The minimum Gasteiger partial charge on any atom is -0.490 e. The van der Waals surface area contributed by atoms with Crippen molar-refractivity contribution in [3.8, 4) is 5.75 Å². The quantitative estimate of drug-likeness (QED) is 0.803. The Morgan fingerprint density at radius 3 is 2.84 bits per heavy atom. The van der Waals surface area contributed by atoms with Gasteiger partial charge in [-0.2, -0.15) is 0 Å². The van der Waals surface area contributed by atoms with Crippen molar-refractivity contribution in [1.82, 2.24) is 0 Å². The first-order valence-electron chi connectivity index (χ1n) is 7.24. The van der Waals surface area contributed by atoms with Crippen LogP contribution in [-0.2, 0) is 4.74 Å². The van der Waals surface area contributed by atoms with E-state index in [1.54, 1.807) is 6.07 Å². The molecule has 1 saturated carbocycles. The van der Waals surface area contributed by atoms with E-state index in [2.05, 4.69) is 0 Å². The van der Waals surface area contributed by atoms with E-state index in [9.17, 15) is 4.39 Å². The maximum Gasteiger partial charge on any atom is 0.123 e. The molecule has 0 radical (unpaired) electrons. The highest BCUT2D eigenvalue weighted by Crippen LogP contribution is 2.41. The van der Waals surface area contributed by atoms with Crippen LogP contribution >= 0.6 is 0 Å². The van der Waals surface area contributed by atoms with Gasteiger partial charge in [0.2, 0.25) is 0 Å². The van der Waals surface area contributed by atoms with Crippen molar-refractivity contribution in [2.24, 2.45) is 0 Å². The summed E-state index contributed by atoms with van der Waals surface area (Å²) in [6.45, 7) is 2.67. The fraction of sp³-hybridized carbons (Fsp3) is 0.625. The molecule has 1 spiro atoms. The Hall–Kier alpha value is -1.09. The molecular formula is C16H21FO2. The summed E-state index contributed by atoms with van der Waals surface area (Å²) in [6.07, 6.45) is 6.97. The Bertz CT molecular complexity index is 452. The fourth-order valence-corrected chi connectivity index (χ4v) is 3.38. The molecule has 1 atom stereocenters. The standard InChI is InChI=1S/C16H21FO2/c1-12-10-13(17)4-5-15(12)19-14-6-9-18-16(11-14)7-2-3-8-16/h4-5,10,14H,2-3,6-9,11H2,1H3. The molecule has 1 aliphatic heterocycles. The first kappa shape index (κ1) is 12.9. The number of hydrogen-bond acceptors (Lipinski definition) is 2. The van der Waals surface area contributed by atoms with E-state index in [1.165, 1.54) is 25.0 Å². The minimum absolute atomic E-state index is 0.0663. The first-order chi connectivity index (χ1) is 9.17. The molecule has 2 aliphatic rings. The average molecular weight is 264 g/mol. The van der Waals surface area contributed by atoms with Crippen molar-refractivity contribution in [3.63, 3.8) is 0 Å². The van der Waals surface area contributed by atoms with Crippen molar-refractivity contribution < 1.29 is 13.9 Å². The van der Waals surface area contributed by atoms with Gasteiger partial charge in [-0.15, -0.1) is 0 Å². The summed E-state index contributed by atoms with van der Waals surface area (Å²) in [5, 5.41) is 0. The molecule has 1 heterocycles. The van der Waals surface area contributed by atoms with Crippen LogP contribution in [0.5, 0.6) is 5.75 Å². The Morgan fingerprint density at radius 2 is 2.11 bits per heavy atom. The third kappa shape index (κ3) is 2.76. The van der Waals surface area contributed by atoms with Gasteiger partial charge >= 0.3 is 0 Å². The number of rotatable bonds is 2. The molecule has 0 N–H and O–H groups in total. The van der Waals surface area contributed by atoms with E-state index in [1.807, 2.05) is 6.92 Å². The van der Waals surface area contributed by atoms with Gasteiger partial charge in [-0.25, -0.2) is 4.39 Å². The molecule has 1 aromatic rings. The molecule has 0 bridgehead atoms. The monoisotopic (exact) mass is 264 g/mol. The number of benzene rings is 1. The number of ether oxygens (including phenoxy) is 2. The summed E-state index contributed by atoms with van der Waals surface area (Å²) in [5.41, 5.74) is 0.934. The van der Waals surface area contributed by atoms with Crippen molar-refractivity contribution in [1.29, 1.82) is 0 Å². The van der Waals surface area contributed by atoms with Crippen molar-refractivity contribution in [2.45, 2.75) is 57.2 Å². The summed E-state index contributed by atoms with van der Waals surface area (Å²) in [6, 6.07) is 4.73. The molecule has 104 valence electrons. The molecule has 2 nitrogen and oxygen atoms in total. The molecule has 3 rings (SSSR count). The molecule has 1 saturated heterocycles. The van der Waals surface area contributed by atoms with Crippen LogP contribution in [0.15, 0.2) is 18.2 Å². The van der Waals surface area contributed by atoms with E-state index in [4.69, 9.17) is 9.47 Å². The summed E-state index contributed by atoms with van der Waals surface area (Å²) in [7, 11) is 0. The molecule has 0 amide bonds. The Labute approximate surface area is 113 Å². The van der Waals surface area contributed by atoms with Crippen molar-refractivity contribution in [2.75, 3.05) is 6.61 Å². The van der Waals surface area contributed by atoms with Gasteiger partial charge in [-0.1, -0.05) is 12.8 Å². The lowest BCUT2D eigenvalue weighted by Crippen LogP contribution is -2.41. The zero-order chi connectivity index (χ0) is 13.3. The third-order valence-electron chi connectivity index (χ3n) is 4.39. The van der Waals surface area contributed by atoms with Crippen LogP contribution in [0.4, 0.5) is 4.39 Å². The predicted octanol–water partition coefficient (Wildman–Crippen LogP) is 4.00. The van der Waals surface area contributed by atoms with Crippen molar-refractivity contribution >= 4 is 0 Å². The largest absolute Gasteiger partial charge is 0.490 e. The second-order valence-electron chi connectivity index (χ2n) is 5.88. The lowest BCUT2D eigenvalue weighted by atomic mass is 9.90. The highest BCUT2D eigenvalue weighted by atomic mass is 19.1. The third-order valence-corrected chi connectivity index (χ3v) is 4.39. The first-order valence-corrected chi connectivity index (χ1v) is 7.24. The van der Waals surface area contributed by atoms with Gasteiger partial charge in [0, 0.05) is 12.8 Å². The van der Waals surface area contributed by atoms with Gasteiger partial charge in [-0.05, 0) is 43.5 Å². The Balaban J connectivity index is 1.69. The summed E-state index contributed by atoms with van der Waals surface area (Å²) in [4.78, 5) is 0. The Kier molecular flexibility index (Phi) is 3.48. The number of aryl methyl sites for hydroxylation is 1. The van der Waals surface area contributed by atoms with Crippen LogP contribution in [0.1, 0.15) is 44.1 Å². The second-order valence-corrected chi connectivity index (χ2v) is 5.88. The smallest absolute Gasteiger partial charge is 0.123 e. The molecule has 19 heavy (non-hydrogen) atoms. The molecule has 1 aromatic carbocycles. The topological polar surface area (TPSA) is 18.5 Å².